The Labute approximate surface area is 97.4 Å². The van der Waals surface area contributed by atoms with Crippen molar-refractivity contribution < 1.29 is 13.5 Å². The van der Waals surface area contributed by atoms with Crippen LogP contribution in [0.3, 0.4) is 0 Å². The highest BCUT2D eigenvalue weighted by atomic mass is 35.5. The quantitative estimate of drug-likeness (QED) is 0.809. The van der Waals surface area contributed by atoms with Crippen molar-refractivity contribution in [3.63, 3.8) is 0 Å². The zero-order valence-electron chi connectivity index (χ0n) is 8.64. The van der Waals surface area contributed by atoms with Crippen molar-refractivity contribution in [3.05, 3.63) is 28.8 Å². The van der Waals surface area contributed by atoms with Crippen LogP contribution in [0.15, 0.2) is 18.2 Å². The maximum Gasteiger partial charge on any atom is 0.275 e. The minimum Gasteiger partial charge on any atom is -0.497 e. The standard InChI is InChI=1S/C11H10ClF2NO/c1-16-8-3-4-9(10(12)7-8)11(13,14)5-2-6-15/h3-4,7H,2,5H2,1H3. The van der Waals surface area contributed by atoms with Crippen LogP contribution < -0.4 is 4.74 Å². The van der Waals surface area contributed by atoms with Gasteiger partial charge in [0.15, 0.2) is 0 Å². The predicted molar refractivity (Wildman–Crippen MR) is 56.7 cm³/mol. The van der Waals surface area contributed by atoms with Crippen LogP contribution in [-0.2, 0) is 5.92 Å². The Hall–Kier alpha value is -1.34. The van der Waals surface area contributed by atoms with Gasteiger partial charge in [-0.3, -0.25) is 0 Å². The predicted octanol–water partition coefficient (Wildman–Crippen LogP) is 3.74. The van der Waals surface area contributed by atoms with Crippen LogP contribution in [-0.4, -0.2) is 7.11 Å². The first-order valence-electron chi connectivity index (χ1n) is 4.60. The van der Waals surface area contributed by atoms with Gasteiger partial charge in [-0.15, -0.1) is 0 Å². The van der Waals surface area contributed by atoms with Crippen LogP contribution in [0.25, 0.3) is 0 Å². The minimum atomic E-state index is -3.08. The summed E-state index contributed by atoms with van der Waals surface area (Å²) in [5.74, 6) is -2.66. The molecule has 0 spiro atoms. The third kappa shape index (κ3) is 2.83. The summed E-state index contributed by atoms with van der Waals surface area (Å²) in [4.78, 5) is 0. The van der Waals surface area contributed by atoms with Gasteiger partial charge in [0.25, 0.3) is 5.92 Å². The van der Waals surface area contributed by atoms with E-state index in [0.29, 0.717) is 5.75 Å². The van der Waals surface area contributed by atoms with Gasteiger partial charge in [-0.2, -0.15) is 5.26 Å². The molecule has 86 valence electrons. The summed E-state index contributed by atoms with van der Waals surface area (Å²) in [5, 5.41) is 8.24. The lowest BCUT2D eigenvalue weighted by atomic mass is 10.0. The number of nitrogens with zero attached hydrogens (tertiary/aromatic N) is 1. The molecule has 0 radical (unpaired) electrons. The molecule has 0 aliphatic carbocycles. The molecule has 0 aromatic heterocycles. The third-order valence-electron chi connectivity index (χ3n) is 2.12. The highest BCUT2D eigenvalue weighted by Crippen LogP contribution is 2.38. The smallest absolute Gasteiger partial charge is 0.275 e. The topological polar surface area (TPSA) is 33.0 Å². The van der Waals surface area contributed by atoms with E-state index in [1.165, 1.54) is 25.3 Å². The SMILES string of the molecule is COc1ccc(C(F)(F)CCC#N)c(Cl)c1. The van der Waals surface area contributed by atoms with E-state index >= 15 is 0 Å². The molecule has 0 amide bonds. The third-order valence-corrected chi connectivity index (χ3v) is 2.43. The van der Waals surface area contributed by atoms with Gasteiger partial charge in [0.1, 0.15) is 5.75 Å². The van der Waals surface area contributed by atoms with E-state index in [4.69, 9.17) is 21.6 Å². The van der Waals surface area contributed by atoms with Crippen molar-refractivity contribution in [1.82, 2.24) is 0 Å². The van der Waals surface area contributed by atoms with Gasteiger partial charge in [0.05, 0.1) is 18.2 Å². The first-order valence-corrected chi connectivity index (χ1v) is 4.98. The molecule has 0 atom stereocenters. The molecule has 0 aliphatic heterocycles. The number of nitriles is 1. The van der Waals surface area contributed by atoms with Crippen LogP contribution in [0, 0.1) is 11.3 Å². The molecule has 0 bridgehead atoms. The molecule has 0 fully saturated rings. The summed E-state index contributed by atoms with van der Waals surface area (Å²) in [7, 11) is 1.43. The van der Waals surface area contributed by atoms with E-state index in [2.05, 4.69) is 0 Å². The molecule has 1 rings (SSSR count). The number of alkyl halides is 2. The summed E-state index contributed by atoms with van der Waals surface area (Å²) >= 11 is 5.73. The van der Waals surface area contributed by atoms with Gasteiger partial charge in [0.2, 0.25) is 0 Å². The van der Waals surface area contributed by atoms with Gasteiger partial charge in [0, 0.05) is 18.4 Å². The molecule has 0 saturated heterocycles. The number of hydrogen-bond acceptors (Lipinski definition) is 2. The molecular weight excluding hydrogens is 236 g/mol. The van der Waals surface area contributed by atoms with Crippen LogP contribution in [0.4, 0.5) is 8.78 Å². The summed E-state index contributed by atoms with van der Waals surface area (Å²) in [6, 6.07) is 5.66. The van der Waals surface area contributed by atoms with Crippen molar-refractivity contribution in [2.75, 3.05) is 7.11 Å². The van der Waals surface area contributed by atoms with Gasteiger partial charge in [-0.1, -0.05) is 11.6 Å². The number of hydrogen-bond donors (Lipinski definition) is 0. The molecule has 2 nitrogen and oxygen atoms in total. The fourth-order valence-electron chi connectivity index (χ4n) is 1.27. The van der Waals surface area contributed by atoms with Crippen molar-refractivity contribution in [3.8, 4) is 11.8 Å². The van der Waals surface area contributed by atoms with Crippen LogP contribution in [0.5, 0.6) is 5.75 Å². The fraction of sp³-hybridized carbons (Fsp3) is 0.364. The van der Waals surface area contributed by atoms with E-state index in [9.17, 15) is 8.78 Å². The van der Waals surface area contributed by atoms with E-state index in [1.807, 2.05) is 0 Å². The first kappa shape index (κ1) is 12.7. The van der Waals surface area contributed by atoms with E-state index in [0.717, 1.165) is 0 Å². The molecule has 0 aliphatic rings. The second kappa shape index (κ2) is 5.13. The van der Waals surface area contributed by atoms with Crippen molar-refractivity contribution in [1.29, 1.82) is 5.26 Å². The molecule has 0 unspecified atom stereocenters. The summed E-state index contributed by atoms with van der Waals surface area (Å²) < 4.78 is 32.0. The number of benzene rings is 1. The van der Waals surface area contributed by atoms with E-state index < -0.39 is 12.3 Å². The highest BCUT2D eigenvalue weighted by Gasteiger charge is 2.33. The Morgan fingerprint density at radius 1 is 1.50 bits per heavy atom. The Balaban J connectivity index is 2.99. The zero-order valence-corrected chi connectivity index (χ0v) is 9.39. The number of ether oxygens (including phenoxy) is 1. The van der Waals surface area contributed by atoms with Gasteiger partial charge >= 0.3 is 0 Å². The molecule has 1 aromatic rings. The highest BCUT2D eigenvalue weighted by molar-refractivity contribution is 6.31. The summed E-state index contributed by atoms with van der Waals surface area (Å²) in [5.41, 5.74) is -0.273. The van der Waals surface area contributed by atoms with E-state index in [1.54, 1.807) is 6.07 Å². The zero-order chi connectivity index (χ0) is 12.2. The van der Waals surface area contributed by atoms with Crippen LogP contribution >= 0.6 is 11.6 Å². The molecule has 0 saturated carbocycles. The Morgan fingerprint density at radius 2 is 2.19 bits per heavy atom. The molecule has 0 heterocycles. The van der Waals surface area contributed by atoms with Crippen molar-refractivity contribution >= 4 is 11.6 Å². The maximum atomic E-state index is 13.6. The summed E-state index contributed by atoms with van der Waals surface area (Å²) in [6.07, 6.45) is -0.745. The van der Waals surface area contributed by atoms with Crippen molar-refractivity contribution in [2.45, 2.75) is 18.8 Å². The minimum absolute atomic E-state index is 0.0534. The molecule has 5 heteroatoms. The first-order chi connectivity index (χ1) is 7.51. The number of methoxy groups -OCH3 is 1. The van der Waals surface area contributed by atoms with Crippen LogP contribution in [0.2, 0.25) is 5.02 Å². The average Bonchev–Trinajstić information content (AvgIpc) is 2.25. The monoisotopic (exact) mass is 245 g/mol. The average molecular weight is 246 g/mol. The molecule has 0 N–H and O–H groups in total. The number of halogens is 3. The lowest BCUT2D eigenvalue weighted by molar-refractivity contribution is -0.0118. The van der Waals surface area contributed by atoms with Crippen molar-refractivity contribution in [2.24, 2.45) is 0 Å². The second-order valence-electron chi connectivity index (χ2n) is 3.21. The normalized spacial score (nSPS) is 10.9. The summed E-state index contributed by atoms with van der Waals surface area (Å²) in [6.45, 7) is 0. The Bertz CT molecular complexity index is 415. The van der Waals surface area contributed by atoms with Gasteiger partial charge in [-0.25, -0.2) is 8.78 Å². The van der Waals surface area contributed by atoms with Gasteiger partial charge in [-0.05, 0) is 18.2 Å². The lowest BCUT2D eigenvalue weighted by Gasteiger charge is -2.17. The lowest BCUT2D eigenvalue weighted by Crippen LogP contribution is -2.13. The fourth-order valence-corrected chi connectivity index (χ4v) is 1.58. The molecule has 16 heavy (non-hydrogen) atoms. The Morgan fingerprint density at radius 3 is 2.69 bits per heavy atom. The van der Waals surface area contributed by atoms with Gasteiger partial charge < -0.3 is 4.74 Å². The molecule has 1 aromatic carbocycles. The largest absolute Gasteiger partial charge is 0.497 e. The second-order valence-corrected chi connectivity index (χ2v) is 3.62. The maximum absolute atomic E-state index is 13.6. The molecular formula is C11H10ClF2NO. The number of rotatable bonds is 4. The van der Waals surface area contributed by atoms with E-state index in [-0.39, 0.29) is 17.0 Å². The Kier molecular flexibility index (Phi) is 4.08. The van der Waals surface area contributed by atoms with Crippen LogP contribution in [0.1, 0.15) is 18.4 Å².